The topological polar surface area (TPSA) is 89.9 Å². The molecule has 7 nitrogen and oxygen atoms in total. The van der Waals surface area contributed by atoms with Crippen LogP contribution in [0.1, 0.15) is 34.0 Å². The second-order valence-corrected chi connectivity index (χ2v) is 8.24. The maximum Gasteiger partial charge on any atom is 0.410 e. The largest absolute Gasteiger partial charge is 0.410 e. The summed E-state index contributed by atoms with van der Waals surface area (Å²) in [5.41, 5.74) is 4.48. The summed E-state index contributed by atoms with van der Waals surface area (Å²) in [5, 5.41) is 17.4. The Morgan fingerprint density at radius 2 is 2.03 bits per heavy atom. The molecular weight excluding hydrogens is 459 g/mol. The Morgan fingerprint density at radius 3 is 2.64 bits per heavy atom. The summed E-state index contributed by atoms with van der Waals surface area (Å²) < 4.78 is 38.2. The Labute approximate surface area is 194 Å². The first kappa shape index (κ1) is 24.9. The van der Waals surface area contributed by atoms with Crippen LogP contribution in [0.15, 0.2) is 47.7 Å². The van der Waals surface area contributed by atoms with Crippen molar-refractivity contribution < 1.29 is 23.1 Å². The Balaban J connectivity index is 1.42. The van der Waals surface area contributed by atoms with Gasteiger partial charge < -0.3 is 15.3 Å². The number of alkyl halides is 3. The number of carbonyl (C=O) groups is 1. The standard InChI is InChI=1S/C22H25ClF3N5O2/c1-31(13-17-10-19(30-29-17)22(24,25)26)21(33)15-4-2-14(3-5-15)8-9-27-12-18(32)16-6-7-20(23)28-11-16/h2-7,11,18-19,27,30,32H,8-10,12-13H2,1H3/t18-,19?/m0/s1. The van der Waals surface area contributed by atoms with Gasteiger partial charge in [-0.3, -0.25) is 10.2 Å². The summed E-state index contributed by atoms with van der Waals surface area (Å²) in [5.74, 6) is -0.294. The first-order chi connectivity index (χ1) is 15.6. The smallest absolute Gasteiger partial charge is 0.387 e. The van der Waals surface area contributed by atoms with Gasteiger partial charge >= 0.3 is 6.18 Å². The van der Waals surface area contributed by atoms with E-state index in [0.717, 1.165) is 5.56 Å². The molecule has 0 radical (unpaired) electrons. The molecule has 0 bridgehead atoms. The number of benzene rings is 1. The molecule has 1 aliphatic heterocycles. The first-order valence-electron chi connectivity index (χ1n) is 10.4. The third-order valence-corrected chi connectivity index (χ3v) is 5.47. The van der Waals surface area contributed by atoms with Gasteiger partial charge in [-0.2, -0.15) is 18.3 Å². The number of aliphatic hydroxyl groups is 1. The lowest BCUT2D eigenvalue weighted by molar-refractivity contribution is -0.152. The van der Waals surface area contributed by atoms with Gasteiger partial charge in [0.15, 0.2) is 0 Å². The van der Waals surface area contributed by atoms with Crippen molar-refractivity contribution in [3.05, 3.63) is 64.4 Å². The van der Waals surface area contributed by atoms with Crippen LogP contribution >= 0.6 is 11.6 Å². The fourth-order valence-electron chi connectivity index (χ4n) is 3.34. The molecule has 1 aliphatic rings. The number of aromatic nitrogens is 1. The molecule has 1 aromatic heterocycles. The summed E-state index contributed by atoms with van der Waals surface area (Å²) in [6.07, 6.45) is -3.11. The summed E-state index contributed by atoms with van der Waals surface area (Å²) in [6, 6.07) is 8.68. The Hall–Kier alpha value is -2.69. The van der Waals surface area contributed by atoms with Crippen LogP contribution in [0.2, 0.25) is 5.15 Å². The first-order valence-corrected chi connectivity index (χ1v) is 10.7. The molecule has 0 saturated carbocycles. The van der Waals surface area contributed by atoms with Crippen molar-refractivity contribution >= 4 is 23.2 Å². The maximum atomic E-state index is 12.7. The number of nitrogens with zero attached hydrogens (tertiary/aromatic N) is 3. The van der Waals surface area contributed by atoms with E-state index in [4.69, 9.17) is 11.6 Å². The molecule has 1 unspecified atom stereocenters. The number of nitrogens with one attached hydrogen (secondary N) is 2. The minimum absolute atomic E-state index is 0.0234. The van der Waals surface area contributed by atoms with Gasteiger partial charge in [0.1, 0.15) is 11.2 Å². The van der Waals surface area contributed by atoms with E-state index in [1.807, 2.05) is 12.1 Å². The molecule has 1 aromatic carbocycles. The Kier molecular flexibility index (Phi) is 8.28. The SMILES string of the molecule is CN(CC1=NNC(C(F)(F)F)C1)C(=O)c1ccc(CCNC[C@H](O)c2ccc(Cl)nc2)cc1. The van der Waals surface area contributed by atoms with Crippen molar-refractivity contribution in [1.29, 1.82) is 0 Å². The predicted molar refractivity (Wildman–Crippen MR) is 119 cm³/mol. The number of hydrogen-bond acceptors (Lipinski definition) is 6. The summed E-state index contributed by atoms with van der Waals surface area (Å²) in [4.78, 5) is 17.9. The van der Waals surface area contributed by atoms with Gasteiger partial charge in [-0.1, -0.05) is 29.8 Å². The van der Waals surface area contributed by atoms with Crippen LogP contribution in [0, 0.1) is 0 Å². The lowest BCUT2D eigenvalue weighted by atomic mass is 10.1. The highest BCUT2D eigenvalue weighted by molar-refractivity contribution is 6.29. The number of halogens is 4. The molecule has 0 aliphatic carbocycles. The molecule has 0 saturated heterocycles. The summed E-state index contributed by atoms with van der Waals surface area (Å²) in [7, 11) is 1.53. The van der Waals surface area contributed by atoms with Gasteiger partial charge in [-0.05, 0) is 36.7 Å². The minimum Gasteiger partial charge on any atom is -0.387 e. The number of hydrogen-bond donors (Lipinski definition) is 3. The van der Waals surface area contributed by atoms with Crippen LogP contribution in [0.3, 0.4) is 0 Å². The lowest BCUT2D eigenvalue weighted by Gasteiger charge is -2.18. The van der Waals surface area contributed by atoms with Crippen molar-refractivity contribution in [3.8, 4) is 0 Å². The van der Waals surface area contributed by atoms with Crippen molar-refractivity contribution in [2.45, 2.75) is 31.2 Å². The van der Waals surface area contributed by atoms with Crippen molar-refractivity contribution in [2.24, 2.45) is 5.10 Å². The van der Waals surface area contributed by atoms with Gasteiger partial charge in [0.05, 0.1) is 18.4 Å². The van der Waals surface area contributed by atoms with Gasteiger partial charge in [-0.25, -0.2) is 4.98 Å². The zero-order valence-electron chi connectivity index (χ0n) is 17.9. The molecule has 2 aromatic rings. The fourth-order valence-corrected chi connectivity index (χ4v) is 3.45. The monoisotopic (exact) mass is 483 g/mol. The zero-order valence-corrected chi connectivity index (χ0v) is 18.7. The second kappa shape index (κ2) is 11.0. The van der Waals surface area contributed by atoms with Gasteiger partial charge in [0, 0.05) is 37.3 Å². The quantitative estimate of drug-likeness (QED) is 0.377. The van der Waals surface area contributed by atoms with Crippen LogP contribution in [0.4, 0.5) is 13.2 Å². The number of amides is 1. The highest BCUT2D eigenvalue weighted by Crippen LogP contribution is 2.25. The third-order valence-electron chi connectivity index (χ3n) is 5.24. The molecule has 3 rings (SSSR count). The van der Waals surface area contributed by atoms with Gasteiger partial charge in [-0.15, -0.1) is 0 Å². The Bertz CT molecular complexity index is 967. The normalized spacial score (nSPS) is 16.8. The molecule has 33 heavy (non-hydrogen) atoms. The highest BCUT2D eigenvalue weighted by atomic mass is 35.5. The molecular formula is C22H25ClF3N5O2. The second-order valence-electron chi connectivity index (χ2n) is 7.85. The van der Waals surface area contributed by atoms with Crippen LogP contribution in [0.5, 0.6) is 0 Å². The molecule has 2 heterocycles. The van der Waals surface area contributed by atoms with E-state index in [1.54, 1.807) is 24.3 Å². The van der Waals surface area contributed by atoms with E-state index in [9.17, 15) is 23.1 Å². The number of hydrazone groups is 1. The van der Waals surface area contributed by atoms with Crippen molar-refractivity contribution in [3.63, 3.8) is 0 Å². The fraction of sp³-hybridized carbons (Fsp3) is 0.409. The summed E-state index contributed by atoms with van der Waals surface area (Å²) >= 11 is 5.74. The van der Waals surface area contributed by atoms with Gasteiger partial charge in [0.25, 0.3) is 5.91 Å². The lowest BCUT2D eigenvalue weighted by Crippen LogP contribution is -2.37. The van der Waals surface area contributed by atoms with E-state index in [1.165, 1.54) is 18.1 Å². The van der Waals surface area contributed by atoms with E-state index in [-0.39, 0.29) is 24.6 Å². The molecule has 3 N–H and O–H groups in total. The van der Waals surface area contributed by atoms with Crippen LogP contribution in [-0.4, -0.2) is 65.5 Å². The minimum atomic E-state index is -4.37. The average Bonchev–Trinajstić information content (AvgIpc) is 3.26. The number of rotatable bonds is 9. The molecule has 2 atom stereocenters. The molecule has 178 valence electrons. The zero-order chi connectivity index (χ0) is 24.0. The molecule has 11 heteroatoms. The van der Waals surface area contributed by atoms with E-state index in [0.29, 0.717) is 35.8 Å². The molecule has 0 fully saturated rings. The summed E-state index contributed by atoms with van der Waals surface area (Å²) in [6.45, 7) is 1.01. The van der Waals surface area contributed by atoms with E-state index < -0.39 is 18.3 Å². The number of pyridine rings is 1. The van der Waals surface area contributed by atoms with Crippen LogP contribution < -0.4 is 10.7 Å². The van der Waals surface area contributed by atoms with E-state index >= 15 is 0 Å². The average molecular weight is 484 g/mol. The predicted octanol–water partition coefficient (Wildman–Crippen LogP) is 2.95. The maximum absolute atomic E-state index is 12.7. The van der Waals surface area contributed by atoms with Crippen molar-refractivity contribution in [2.75, 3.05) is 26.7 Å². The molecule has 0 spiro atoms. The third kappa shape index (κ3) is 7.15. The van der Waals surface area contributed by atoms with E-state index in [2.05, 4.69) is 20.8 Å². The molecule has 1 amide bonds. The number of carbonyl (C=O) groups excluding carboxylic acids is 1. The Morgan fingerprint density at radius 1 is 1.30 bits per heavy atom. The number of aliphatic hydroxyl groups excluding tert-OH is 1. The van der Waals surface area contributed by atoms with Gasteiger partial charge in [0.2, 0.25) is 0 Å². The van der Waals surface area contributed by atoms with Crippen LogP contribution in [-0.2, 0) is 6.42 Å². The van der Waals surface area contributed by atoms with Crippen molar-refractivity contribution in [1.82, 2.24) is 20.6 Å². The highest BCUT2D eigenvalue weighted by Gasteiger charge is 2.42. The van der Waals surface area contributed by atoms with Crippen LogP contribution in [0.25, 0.3) is 0 Å².